The highest BCUT2D eigenvalue weighted by Crippen LogP contribution is 2.41. The number of hydrogen-bond acceptors (Lipinski definition) is 9. The van der Waals surface area contributed by atoms with Gasteiger partial charge in [0.2, 0.25) is 11.9 Å². The minimum Gasteiger partial charge on any atom is -0.388 e. The second kappa shape index (κ2) is 8.18. The predicted molar refractivity (Wildman–Crippen MR) is 97.3 cm³/mol. The summed E-state index contributed by atoms with van der Waals surface area (Å²) in [6.45, 7) is -0.515. The molecule has 0 bridgehead atoms. The maximum Gasteiger partial charge on any atom is 0.469 e. The molecular formula is C14H21N6O8P. The third-order valence-electron chi connectivity index (χ3n) is 4.64. The van der Waals surface area contributed by atoms with Crippen LogP contribution in [0.3, 0.4) is 0 Å². The third-order valence-corrected chi connectivity index (χ3v) is 5.12. The van der Waals surface area contributed by atoms with Crippen molar-refractivity contribution in [1.29, 1.82) is 0 Å². The number of aromatic nitrogens is 4. The zero-order chi connectivity index (χ0) is 21.3. The van der Waals surface area contributed by atoms with Gasteiger partial charge in [0, 0.05) is 19.4 Å². The number of nitrogen functional groups attached to an aromatic ring is 1. The largest absolute Gasteiger partial charge is 0.469 e. The van der Waals surface area contributed by atoms with Gasteiger partial charge in [-0.15, -0.1) is 0 Å². The predicted octanol–water partition coefficient (Wildman–Crippen LogP) is -1.79. The van der Waals surface area contributed by atoms with Gasteiger partial charge in [-0.05, 0) is 6.42 Å². The number of aliphatic hydroxyl groups excluding tert-OH is 1. The number of phosphoric acid groups is 1. The van der Waals surface area contributed by atoms with E-state index in [9.17, 15) is 19.3 Å². The van der Waals surface area contributed by atoms with E-state index in [2.05, 4.69) is 24.8 Å². The Labute approximate surface area is 163 Å². The number of carbonyl (C=O) groups is 1. The lowest BCUT2D eigenvalue weighted by atomic mass is 9.93. The van der Waals surface area contributed by atoms with Crippen LogP contribution in [-0.2, 0) is 18.6 Å². The lowest BCUT2D eigenvalue weighted by Crippen LogP contribution is -2.30. The molecule has 29 heavy (non-hydrogen) atoms. The third kappa shape index (κ3) is 4.63. The van der Waals surface area contributed by atoms with Crippen LogP contribution in [0.4, 0.5) is 5.95 Å². The van der Waals surface area contributed by atoms with Gasteiger partial charge in [0.1, 0.15) is 6.10 Å². The summed E-state index contributed by atoms with van der Waals surface area (Å²) >= 11 is 0. The quantitative estimate of drug-likeness (QED) is 0.269. The van der Waals surface area contributed by atoms with Crippen LogP contribution in [0.1, 0.15) is 19.1 Å². The molecule has 1 saturated heterocycles. The zero-order valence-electron chi connectivity index (χ0n) is 15.3. The Bertz CT molecular complexity index is 1000. The molecule has 0 radical (unpaired) electrons. The van der Waals surface area contributed by atoms with Crippen molar-refractivity contribution >= 4 is 30.8 Å². The van der Waals surface area contributed by atoms with Crippen molar-refractivity contribution in [2.45, 2.75) is 31.3 Å². The molecule has 160 valence electrons. The minimum atomic E-state index is -4.77. The number of hydrogen-bond donors (Lipinski definition) is 6. The van der Waals surface area contributed by atoms with Gasteiger partial charge in [-0.2, -0.15) is 4.98 Å². The normalized spacial score (nSPS) is 24.8. The first-order chi connectivity index (χ1) is 13.6. The van der Waals surface area contributed by atoms with Crippen molar-refractivity contribution in [3.8, 4) is 0 Å². The van der Waals surface area contributed by atoms with Crippen LogP contribution in [0, 0.1) is 5.92 Å². The van der Waals surface area contributed by atoms with Gasteiger partial charge >= 0.3 is 7.82 Å². The Morgan fingerprint density at radius 3 is 2.90 bits per heavy atom. The van der Waals surface area contributed by atoms with Gasteiger partial charge < -0.3 is 30.7 Å². The number of anilines is 1. The van der Waals surface area contributed by atoms with Crippen LogP contribution < -0.4 is 16.6 Å². The molecule has 2 aromatic heterocycles. The molecular weight excluding hydrogens is 411 g/mol. The number of amides is 1. The SMILES string of the molecule is CNC(=O)CC[C@H]1[C@@H](O)[C@H](n2cnc3c(=O)[nH]c(N)nc32)O[C@@H]1COP(=O)(O)O. The zero-order valence-corrected chi connectivity index (χ0v) is 16.2. The molecule has 14 nitrogen and oxygen atoms in total. The molecule has 3 rings (SSSR count). The van der Waals surface area contributed by atoms with Crippen molar-refractivity contribution < 1.29 is 33.5 Å². The summed E-state index contributed by atoms with van der Waals surface area (Å²) in [5, 5.41) is 13.3. The van der Waals surface area contributed by atoms with E-state index in [4.69, 9.17) is 20.3 Å². The molecule has 0 aliphatic carbocycles. The lowest BCUT2D eigenvalue weighted by Gasteiger charge is -2.20. The molecule has 7 N–H and O–H groups in total. The summed E-state index contributed by atoms with van der Waals surface area (Å²) in [6, 6.07) is 0. The second-order valence-electron chi connectivity index (χ2n) is 6.49. The van der Waals surface area contributed by atoms with Gasteiger partial charge in [0.25, 0.3) is 5.56 Å². The average molecular weight is 432 g/mol. The summed E-state index contributed by atoms with van der Waals surface area (Å²) in [6.07, 6.45) is -1.78. The Kier molecular flexibility index (Phi) is 6.03. The summed E-state index contributed by atoms with van der Waals surface area (Å²) < 4.78 is 22.7. The molecule has 0 aromatic carbocycles. The number of nitrogens with zero attached hydrogens (tertiary/aromatic N) is 3. The number of H-pyrrole nitrogens is 1. The van der Waals surface area contributed by atoms with E-state index < -0.39 is 44.3 Å². The Morgan fingerprint density at radius 1 is 1.52 bits per heavy atom. The van der Waals surface area contributed by atoms with Crippen LogP contribution in [0.15, 0.2) is 11.1 Å². The molecule has 1 amide bonds. The van der Waals surface area contributed by atoms with Gasteiger partial charge in [-0.1, -0.05) is 0 Å². The number of aliphatic hydroxyl groups is 1. The van der Waals surface area contributed by atoms with Crippen LogP contribution in [0.25, 0.3) is 11.2 Å². The maximum atomic E-state index is 12.0. The number of rotatable bonds is 7. The van der Waals surface area contributed by atoms with Gasteiger partial charge in [-0.25, -0.2) is 9.55 Å². The van der Waals surface area contributed by atoms with Crippen LogP contribution in [0.5, 0.6) is 0 Å². The van der Waals surface area contributed by atoms with Crippen LogP contribution in [-0.4, -0.2) is 66.2 Å². The van der Waals surface area contributed by atoms with Crippen molar-refractivity contribution in [3.63, 3.8) is 0 Å². The Hall–Kier alpha value is -2.35. The van der Waals surface area contributed by atoms with Crippen molar-refractivity contribution in [1.82, 2.24) is 24.8 Å². The number of imidazole rings is 1. The van der Waals surface area contributed by atoms with Crippen LogP contribution >= 0.6 is 7.82 Å². The van der Waals surface area contributed by atoms with E-state index >= 15 is 0 Å². The summed E-state index contributed by atoms with van der Waals surface area (Å²) in [7, 11) is -3.31. The number of nitrogens with one attached hydrogen (secondary N) is 2. The van der Waals surface area contributed by atoms with Gasteiger partial charge in [0.15, 0.2) is 17.4 Å². The van der Waals surface area contributed by atoms with E-state index in [1.165, 1.54) is 17.9 Å². The van der Waals surface area contributed by atoms with Gasteiger partial charge in [0.05, 0.1) is 19.0 Å². The fourth-order valence-corrected chi connectivity index (χ4v) is 3.61. The fraction of sp³-hybridized carbons (Fsp3) is 0.571. The molecule has 0 saturated carbocycles. The Morgan fingerprint density at radius 2 is 2.24 bits per heavy atom. The van der Waals surface area contributed by atoms with Crippen molar-refractivity contribution in [2.24, 2.45) is 5.92 Å². The summed E-state index contributed by atoms with van der Waals surface area (Å²) in [5.74, 6) is -1.13. The summed E-state index contributed by atoms with van der Waals surface area (Å²) in [4.78, 5) is 51.7. The molecule has 4 atom stereocenters. The van der Waals surface area contributed by atoms with E-state index in [1.54, 1.807) is 0 Å². The topological polar surface area (TPSA) is 215 Å². The highest BCUT2D eigenvalue weighted by atomic mass is 31.2. The molecule has 3 heterocycles. The molecule has 0 spiro atoms. The first kappa shape index (κ1) is 21.4. The van der Waals surface area contributed by atoms with E-state index in [0.29, 0.717) is 0 Å². The first-order valence-corrected chi connectivity index (χ1v) is 10.1. The maximum absolute atomic E-state index is 12.0. The highest BCUT2D eigenvalue weighted by Gasteiger charge is 2.45. The highest BCUT2D eigenvalue weighted by molar-refractivity contribution is 7.46. The number of nitrogens with two attached hydrogens (primary N) is 1. The monoisotopic (exact) mass is 432 g/mol. The van der Waals surface area contributed by atoms with Crippen LogP contribution in [0.2, 0.25) is 0 Å². The number of fused-ring (bicyclic) bond motifs is 1. The standard InChI is InChI=1S/C14H21N6O8P/c1-16-8(21)3-2-6-7(4-27-29(24,25)26)28-13(10(6)22)20-5-17-9-11(20)18-14(15)19-12(9)23/h5-7,10,13,22H,2-4H2,1H3,(H,16,21)(H2,24,25,26)(H3,15,18,19,23)/t6-,7-,10-,13-/m1/s1. The molecule has 1 aliphatic rings. The summed E-state index contributed by atoms with van der Waals surface area (Å²) in [5.41, 5.74) is 5.04. The number of aromatic amines is 1. The Balaban J connectivity index is 1.90. The molecule has 0 unspecified atom stereocenters. The number of ether oxygens (including phenoxy) is 1. The molecule has 2 aromatic rings. The smallest absolute Gasteiger partial charge is 0.388 e. The van der Waals surface area contributed by atoms with Crippen molar-refractivity contribution in [3.05, 3.63) is 16.7 Å². The van der Waals surface area contributed by atoms with E-state index in [0.717, 1.165) is 0 Å². The lowest BCUT2D eigenvalue weighted by molar-refractivity contribution is -0.121. The fourth-order valence-electron chi connectivity index (χ4n) is 3.26. The van der Waals surface area contributed by atoms with Gasteiger partial charge in [-0.3, -0.25) is 23.7 Å². The minimum absolute atomic E-state index is 0.0215. The number of carbonyl (C=O) groups excluding carboxylic acids is 1. The van der Waals surface area contributed by atoms with E-state index in [1.807, 2.05) is 0 Å². The second-order valence-corrected chi connectivity index (χ2v) is 7.73. The van der Waals surface area contributed by atoms with E-state index in [-0.39, 0.29) is 35.9 Å². The molecule has 1 fully saturated rings. The molecule has 15 heteroatoms. The average Bonchev–Trinajstić information content (AvgIpc) is 3.18. The molecule has 1 aliphatic heterocycles. The number of phosphoric ester groups is 1. The first-order valence-electron chi connectivity index (χ1n) is 8.57. The van der Waals surface area contributed by atoms with Crippen molar-refractivity contribution in [2.75, 3.05) is 19.4 Å².